The minimum Gasteiger partial charge on any atom is -0.496 e. The van der Waals surface area contributed by atoms with Gasteiger partial charge in [-0.2, -0.15) is 0 Å². The molecule has 0 radical (unpaired) electrons. The van der Waals surface area contributed by atoms with Crippen molar-refractivity contribution in [1.82, 2.24) is 9.38 Å². The summed E-state index contributed by atoms with van der Waals surface area (Å²) in [5.74, 6) is -0.127. The molecule has 106 valence electrons. The number of methoxy groups -OCH3 is 1. The maximum absolute atomic E-state index is 11.0. The van der Waals surface area contributed by atoms with E-state index in [2.05, 4.69) is 4.98 Å². The molecular formula is C16H14N2O3. The van der Waals surface area contributed by atoms with Crippen LogP contribution in [0, 0.1) is 0 Å². The van der Waals surface area contributed by atoms with Gasteiger partial charge in [-0.3, -0.25) is 0 Å². The Morgan fingerprint density at radius 2 is 2.05 bits per heavy atom. The van der Waals surface area contributed by atoms with Crippen molar-refractivity contribution in [2.24, 2.45) is 0 Å². The molecule has 0 fully saturated rings. The number of aromatic nitrogens is 2. The fourth-order valence-electron chi connectivity index (χ4n) is 2.30. The Kier molecular flexibility index (Phi) is 3.31. The Morgan fingerprint density at radius 3 is 2.81 bits per heavy atom. The van der Waals surface area contributed by atoms with Crippen molar-refractivity contribution in [3.05, 3.63) is 65.6 Å². The van der Waals surface area contributed by atoms with Crippen molar-refractivity contribution < 1.29 is 14.6 Å². The Hall–Kier alpha value is -2.82. The number of fused-ring (bicyclic) bond motifs is 1. The zero-order valence-corrected chi connectivity index (χ0v) is 11.5. The molecule has 0 aliphatic heterocycles. The summed E-state index contributed by atoms with van der Waals surface area (Å²) in [5, 5.41) is 9.00. The number of carboxylic acids is 1. The monoisotopic (exact) mass is 282 g/mol. The maximum atomic E-state index is 11.0. The van der Waals surface area contributed by atoms with Crippen molar-refractivity contribution in [3.63, 3.8) is 0 Å². The summed E-state index contributed by atoms with van der Waals surface area (Å²) in [5.41, 5.74) is 2.87. The Morgan fingerprint density at radius 1 is 1.24 bits per heavy atom. The summed E-state index contributed by atoms with van der Waals surface area (Å²) in [6.45, 7) is 0. The second-order valence-corrected chi connectivity index (χ2v) is 4.71. The number of hydrogen-bond acceptors (Lipinski definition) is 3. The predicted octanol–water partition coefficient (Wildman–Crippen LogP) is 2.63. The molecule has 5 heteroatoms. The lowest BCUT2D eigenvalue weighted by molar-refractivity contribution is 0.0696. The van der Waals surface area contributed by atoms with E-state index in [9.17, 15) is 4.79 Å². The first kappa shape index (κ1) is 13.2. The lowest BCUT2D eigenvalue weighted by Gasteiger charge is -2.05. The molecular weight excluding hydrogens is 268 g/mol. The van der Waals surface area contributed by atoms with E-state index in [1.807, 2.05) is 30.5 Å². The van der Waals surface area contributed by atoms with Crippen LogP contribution in [0.4, 0.5) is 0 Å². The van der Waals surface area contributed by atoms with Crippen LogP contribution in [0.25, 0.3) is 5.65 Å². The Bertz CT molecular complexity index is 808. The molecule has 0 aliphatic carbocycles. The molecule has 3 aromatic rings. The van der Waals surface area contributed by atoms with Crippen LogP contribution in [0.1, 0.15) is 21.6 Å². The zero-order chi connectivity index (χ0) is 14.8. The highest BCUT2D eigenvalue weighted by molar-refractivity contribution is 5.87. The zero-order valence-electron chi connectivity index (χ0n) is 11.5. The maximum Gasteiger partial charge on any atom is 0.337 e. The lowest BCUT2D eigenvalue weighted by atomic mass is 10.1. The number of carboxylic acid groups (broad SMARTS) is 1. The molecule has 0 bridgehead atoms. The first-order valence-electron chi connectivity index (χ1n) is 6.50. The van der Waals surface area contributed by atoms with Crippen LogP contribution >= 0.6 is 0 Å². The molecule has 0 saturated carbocycles. The minimum absolute atomic E-state index is 0.240. The van der Waals surface area contributed by atoms with Gasteiger partial charge in [-0.05, 0) is 18.2 Å². The number of aromatic carboxylic acids is 1. The second kappa shape index (κ2) is 5.28. The molecule has 21 heavy (non-hydrogen) atoms. The van der Waals surface area contributed by atoms with E-state index < -0.39 is 5.97 Å². The van der Waals surface area contributed by atoms with Gasteiger partial charge < -0.3 is 14.2 Å². The fraction of sp³-hybridized carbons (Fsp3) is 0.125. The molecule has 5 nitrogen and oxygen atoms in total. The van der Waals surface area contributed by atoms with E-state index in [4.69, 9.17) is 9.84 Å². The van der Waals surface area contributed by atoms with Gasteiger partial charge in [-0.1, -0.05) is 18.2 Å². The topological polar surface area (TPSA) is 63.8 Å². The van der Waals surface area contributed by atoms with E-state index in [0.29, 0.717) is 6.42 Å². The number of benzene rings is 1. The number of carbonyl (C=O) groups is 1. The van der Waals surface area contributed by atoms with Crippen molar-refractivity contribution in [2.45, 2.75) is 6.42 Å². The number of pyridine rings is 1. The van der Waals surface area contributed by atoms with Crippen molar-refractivity contribution in [3.8, 4) is 5.75 Å². The van der Waals surface area contributed by atoms with Crippen LogP contribution in [0.3, 0.4) is 0 Å². The second-order valence-electron chi connectivity index (χ2n) is 4.71. The van der Waals surface area contributed by atoms with Gasteiger partial charge in [0, 0.05) is 24.4 Å². The quantitative estimate of drug-likeness (QED) is 0.799. The molecule has 2 heterocycles. The van der Waals surface area contributed by atoms with Gasteiger partial charge in [0.2, 0.25) is 0 Å². The summed E-state index contributed by atoms with van der Waals surface area (Å²) >= 11 is 0. The van der Waals surface area contributed by atoms with Crippen molar-refractivity contribution >= 4 is 11.6 Å². The fourth-order valence-corrected chi connectivity index (χ4v) is 2.30. The van der Waals surface area contributed by atoms with E-state index >= 15 is 0 Å². The highest BCUT2D eigenvalue weighted by Crippen LogP contribution is 2.21. The van der Waals surface area contributed by atoms with Gasteiger partial charge in [0.1, 0.15) is 11.4 Å². The van der Waals surface area contributed by atoms with Crippen LogP contribution < -0.4 is 4.74 Å². The molecule has 3 rings (SSSR count). The smallest absolute Gasteiger partial charge is 0.337 e. The molecule has 1 N–H and O–H groups in total. The number of ether oxygens (including phenoxy) is 1. The average molecular weight is 282 g/mol. The van der Waals surface area contributed by atoms with Gasteiger partial charge in [0.25, 0.3) is 0 Å². The predicted molar refractivity (Wildman–Crippen MR) is 78.0 cm³/mol. The van der Waals surface area contributed by atoms with Crippen LogP contribution in [-0.4, -0.2) is 27.6 Å². The summed E-state index contributed by atoms with van der Waals surface area (Å²) in [6.07, 6.45) is 4.04. The molecule has 0 aliphatic rings. The standard InChI is InChI=1S/C16H14N2O3/c1-21-14-5-3-2-4-11(14)8-13-10-18-9-12(16(19)20)6-7-15(18)17-13/h2-7,9-10H,8H2,1H3,(H,19,20). The SMILES string of the molecule is COc1ccccc1Cc1cn2cc(C(=O)O)ccc2n1. The van der Waals surface area contributed by atoms with E-state index in [1.165, 1.54) is 0 Å². The number of para-hydroxylation sites is 1. The first-order valence-corrected chi connectivity index (χ1v) is 6.50. The summed E-state index contributed by atoms with van der Waals surface area (Å²) in [7, 11) is 1.64. The highest BCUT2D eigenvalue weighted by Gasteiger charge is 2.09. The third-order valence-corrected chi connectivity index (χ3v) is 3.31. The van der Waals surface area contributed by atoms with E-state index in [1.54, 1.807) is 29.8 Å². The molecule has 2 aromatic heterocycles. The first-order chi connectivity index (χ1) is 10.2. The molecule has 0 atom stereocenters. The Labute approximate surface area is 121 Å². The van der Waals surface area contributed by atoms with Crippen LogP contribution in [0.15, 0.2) is 48.8 Å². The van der Waals surface area contributed by atoms with E-state index in [-0.39, 0.29) is 5.56 Å². The van der Waals surface area contributed by atoms with Crippen molar-refractivity contribution in [2.75, 3.05) is 7.11 Å². The molecule has 0 unspecified atom stereocenters. The Balaban J connectivity index is 1.96. The minimum atomic E-state index is -0.947. The van der Waals surface area contributed by atoms with Gasteiger partial charge in [0.15, 0.2) is 0 Å². The summed E-state index contributed by atoms with van der Waals surface area (Å²) in [4.78, 5) is 15.5. The number of hydrogen-bond donors (Lipinski definition) is 1. The van der Waals surface area contributed by atoms with E-state index in [0.717, 1.165) is 22.7 Å². The van der Waals surface area contributed by atoms with Crippen molar-refractivity contribution in [1.29, 1.82) is 0 Å². The van der Waals surface area contributed by atoms with Gasteiger partial charge in [-0.15, -0.1) is 0 Å². The number of rotatable bonds is 4. The average Bonchev–Trinajstić information content (AvgIpc) is 2.89. The molecule has 0 spiro atoms. The largest absolute Gasteiger partial charge is 0.496 e. The summed E-state index contributed by atoms with van der Waals surface area (Å²) < 4.78 is 7.06. The van der Waals surface area contributed by atoms with Gasteiger partial charge in [0.05, 0.1) is 18.4 Å². The third kappa shape index (κ3) is 2.58. The summed E-state index contributed by atoms with van der Waals surface area (Å²) in [6, 6.07) is 11.0. The lowest BCUT2D eigenvalue weighted by Crippen LogP contribution is -1.97. The third-order valence-electron chi connectivity index (χ3n) is 3.31. The van der Waals surface area contributed by atoms with Gasteiger partial charge >= 0.3 is 5.97 Å². The van der Waals surface area contributed by atoms with Crippen LogP contribution in [-0.2, 0) is 6.42 Å². The van der Waals surface area contributed by atoms with Gasteiger partial charge in [-0.25, -0.2) is 9.78 Å². The molecule has 0 saturated heterocycles. The molecule has 0 amide bonds. The van der Waals surface area contributed by atoms with Crippen LogP contribution in [0.5, 0.6) is 5.75 Å². The number of imidazole rings is 1. The van der Waals surface area contributed by atoms with Crippen LogP contribution in [0.2, 0.25) is 0 Å². The normalized spacial score (nSPS) is 10.7. The highest BCUT2D eigenvalue weighted by atomic mass is 16.5. The number of nitrogens with zero attached hydrogens (tertiary/aromatic N) is 2. The molecule has 1 aromatic carbocycles.